The molecular formula is C14H18N2O2. The molecule has 2 atom stereocenters. The summed E-state index contributed by atoms with van der Waals surface area (Å²) in [6, 6.07) is 5.24. The Labute approximate surface area is 106 Å². The second-order valence-electron chi connectivity index (χ2n) is 4.67. The minimum absolute atomic E-state index is 0.168. The summed E-state index contributed by atoms with van der Waals surface area (Å²) in [5.41, 5.74) is 8.96. The predicted octanol–water partition coefficient (Wildman–Crippen LogP) is 2.38. The molecule has 2 rings (SSSR count). The molecule has 0 saturated carbocycles. The van der Waals surface area contributed by atoms with Crippen molar-refractivity contribution < 1.29 is 9.90 Å². The Kier molecular flexibility index (Phi) is 3.39. The van der Waals surface area contributed by atoms with Gasteiger partial charge < -0.3 is 15.8 Å². The molecule has 0 amide bonds. The third-order valence-electron chi connectivity index (χ3n) is 3.43. The molecule has 0 spiro atoms. The first-order valence-electron chi connectivity index (χ1n) is 6.10. The number of benzene rings is 1. The highest BCUT2D eigenvalue weighted by Crippen LogP contribution is 2.30. The molecule has 0 aliphatic carbocycles. The van der Waals surface area contributed by atoms with E-state index in [2.05, 4.69) is 11.1 Å². The number of carbonyl (C=O) groups is 1. The largest absolute Gasteiger partial charge is 0.480 e. The number of hydrogen-bond acceptors (Lipinski definition) is 2. The van der Waals surface area contributed by atoms with Gasteiger partial charge in [-0.25, -0.2) is 0 Å². The number of carboxylic acids is 1. The smallest absolute Gasteiger partial charge is 0.321 e. The van der Waals surface area contributed by atoms with Gasteiger partial charge in [0.25, 0.3) is 0 Å². The first-order valence-corrected chi connectivity index (χ1v) is 6.10. The molecule has 0 fully saturated rings. The molecule has 0 bridgehead atoms. The van der Waals surface area contributed by atoms with Gasteiger partial charge in [0.1, 0.15) is 6.04 Å². The first kappa shape index (κ1) is 12.6. The summed E-state index contributed by atoms with van der Waals surface area (Å²) in [6.07, 6.45) is 2.58. The predicted molar refractivity (Wildman–Crippen MR) is 71.7 cm³/mol. The highest BCUT2D eigenvalue weighted by atomic mass is 16.4. The molecule has 18 heavy (non-hydrogen) atoms. The maximum Gasteiger partial charge on any atom is 0.321 e. The van der Waals surface area contributed by atoms with Crippen LogP contribution < -0.4 is 5.73 Å². The van der Waals surface area contributed by atoms with Gasteiger partial charge in [-0.2, -0.15) is 0 Å². The summed E-state index contributed by atoms with van der Waals surface area (Å²) in [5.74, 6) is -1.12. The van der Waals surface area contributed by atoms with Gasteiger partial charge in [0.15, 0.2) is 0 Å². The van der Waals surface area contributed by atoms with Gasteiger partial charge in [-0.15, -0.1) is 0 Å². The van der Waals surface area contributed by atoms with Crippen molar-refractivity contribution in [3.63, 3.8) is 0 Å². The summed E-state index contributed by atoms with van der Waals surface area (Å²) in [7, 11) is 0. The maximum absolute atomic E-state index is 11.0. The number of aromatic nitrogens is 1. The number of aliphatic carboxylic acids is 1. The Bertz CT molecular complexity index is 574. The van der Waals surface area contributed by atoms with Crippen molar-refractivity contribution in [2.24, 2.45) is 5.73 Å². The Morgan fingerprint density at radius 3 is 2.83 bits per heavy atom. The second-order valence-corrected chi connectivity index (χ2v) is 4.67. The van der Waals surface area contributed by atoms with Gasteiger partial charge in [-0.05, 0) is 30.5 Å². The van der Waals surface area contributed by atoms with Crippen LogP contribution in [0.5, 0.6) is 0 Å². The van der Waals surface area contributed by atoms with Crippen molar-refractivity contribution in [1.29, 1.82) is 0 Å². The van der Waals surface area contributed by atoms with Crippen LogP contribution in [-0.4, -0.2) is 22.1 Å². The third-order valence-corrected chi connectivity index (χ3v) is 3.43. The molecule has 96 valence electrons. The summed E-state index contributed by atoms with van der Waals surface area (Å²) in [5, 5.41) is 10.1. The van der Waals surface area contributed by atoms with Gasteiger partial charge >= 0.3 is 5.97 Å². The van der Waals surface area contributed by atoms with Crippen LogP contribution in [0, 0.1) is 6.92 Å². The van der Waals surface area contributed by atoms with Crippen LogP contribution in [0.4, 0.5) is 0 Å². The normalized spacial score (nSPS) is 14.6. The fraction of sp³-hybridized carbons (Fsp3) is 0.357. The Morgan fingerprint density at radius 2 is 2.22 bits per heavy atom. The lowest BCUT2D eigenvalue weighted by atomic mass is 9.89. The summed E-state index contributed by atoms with van der Waals surface area (Å²) in [6.45, 7) is 3.99. The minimum Gasteiger partial charge on any atom is -0.480 e. The van der Waals surface area contributed by atoms with Crippen LogP contribution in [0.2, 0.25) is 0 Å². The number of hydrogen-bond donors (Lipinski definition) is 3. The van der Waals surface area contributed by atoms with Crippen molar-refractivity contribution in [2.45, 2.75) is 32.2 Å². The number of nitrogens with two attached hydrogens (primary N) is 1. The van der Waals surface area contributed by atoms with E-state index in [4.69, 9.17) is 10.8 Å². The number of fused-ring (bicyclic) bond motifs is 1. The molecule has 0 aliphatic rings. The Balaban J connectivity index is 2.49. The van der Waals surface area contributed by atoms with Crippen molar-refractivity contribution in [1.82, 2.24) is 4.98 Å². The van der Waals surface area contributed by atoms with Crippen LogP contribution in [0.3, 0.4) is 0 Å². The van der Waals surface area contributed by atoms with Crippen molar-refractivity contribution in [2.75, 3.05) is 0 Å². The molecule has 1 aromatic heterocycles. The fourth-order valence-electron chi connectivity index (χ4n) is 2.41. The molecule has 4 nitrogen and oxygen atoms in total. The highest BCUT2D eigenvalue weighted by molar-refractivity contribution is 5.85. The van der Waals surface area contributed by atoms with Crippen LogP contribution in [-0.2, 0) is 4.79 Å². The molecule has 4 N–H and O–H groups in total. The van der Waals surface area contributed by atoms with Gasteiger partial charge in [-0.1, -0.05) is 19.1 Å². The van der Waals surface area contributed by atoms with Gasteiger partial charge in [-0.3, -0.25) is 4.79 Å². The zero-order chi connectivity index (χ0) is 13.3. The Hall–Kier alpha value is -1.81. The molecule has 0 saturated heterocycles. The van der Waals surface area contributed by atoms with Crippen molar-refractivity contribution in [3.8, 4) is 0 Å². The summed E-state index contributed by atoms with van der Waals surface area (Å²) in [4.78, 5) is 14.2. The van der Waals surface area contributed by atoms with Crippen LogP contribution >= 0.6 is 0 Å². The van der Waals surface area contributed by atoms with Crippen LogP contribution in [0.1, 0.15) is 30.4 Å². The van der Waals surface area contributed by atoms with E-state index in [1.807, 2.05) is 32.2 Å². The molecule has 2 aromatic rings. The van der Waals surface area contributed by atoms with Gasteiger partial charge in [0.05, 0.1) is 0 Å². The zero-order valence-corrected chi connectivity index (χ0v) is 10.6. The van der Waals surface area contributed by atoms with Gasteiger partial charge in [0, 0.05) is 23.0 Å². The molecule has 4 heteroatoms. The SMILES string of the molecule is CCC(c1c[nH]c2cc(C)ccc12)[C@H](N)C(=O)O. The lowest BCUT2D eigenvalue weighted by molar-refractivity contribution is -0.139. The van der Waals surface area contributed by atoms with Crippen LogP contribution in [0.25, 0.3) is 10.9 Å². The van der Waals surface area contributed by atoms with E-state index in [9.17, 15) is 4.79 Å². The van der Waals surface area contributed by atoms with E-state index in [1.165, 1.54) is 5.56 Å². The first-order chi connectivity index (χ1) is 8.54. The molecule has 1 heterocycles. The zero-order valence-electron chi connectivity index (χ0n) is 10.6. The molecular weight excluding hydrogens is 228 g/mol. The standard InChI is InChI=1S/C14H18N2O2/c1-3-9(13(15)14(17)18)11-7-16-12-6-8(2)4-5-10(11)12/h4-7,9,13,16H,3,15H2,1-2H3,(H,17,18)/t9?,13-/m0/s1. The number of carboxylic acid groups (broad SMARTS) is 1. The summed E-state index contributed by atoms with van der Waals surface area (Å²) < 4.78 is 0. The van der Waals surface area contributed by atoms with E-state index in [-0.39, 0.29) is 5.92 Å². The van der Waals surface area contributed by atoms with Crippen molar-refractivity contribution in [3.05, 3.63) is 35.5 Å². The average Bonchev–Trinajstić information content (AvgIpc) is 2.73. The minimum atomic E-state index is -0.955. The Morgan fingerprint density at radius 1 is 1.50 bits per heavy atom. The molecule has 0 radical (unpaired) electrons. The monoisotopic (exact) mass is 246 g/mol. The number of H-pyrrole nitrogens is 1. The summed E-state index contributed by atoms with van der Waals surface area (Å²) >= 11 is 0. The highest BCUT2D eigenvalue weighted by Gasteiger charge is 2.26. The average molecular weight is 246 g/mol. The van der Waals surface area contributed by atoms with Crippen LogP contribution in [0.15, 0.2) is 24.4 Å². The van der Waals surface area contributed by atoms with Crippen molar-refractivity contribution >= 4 is 16.9 Å². The lowest BCUT2D eigenvalue weighted by Gasteiger charge is -2.18. The van der Waals surface area contributed by atoms with E-state index in [0.29, 0.717) is 6.42 Å². The van der Waals surface area contributed by atoms with E-state index in [0.717, 1.165) is 16.5 Å². The van der Waals surface area contributed by atoms with Gasteiger partial charge in [0.2, 0.25) is 0 Å². The number of nitrogens with one attached hydrogen (secondary N) is 1. The van der Waals surface area contributed by atoms with E-state index < -0.39 is 12.0 Å². The molecule has 1 unspecified atom stereocenters. The van der Waals surface area contributed by atoms with E-state index in [1.54, 1.807) is 0 Å². The lowest BCUT2D eigenvalue weighted by Crippen LogP contribution is -2.36. The quantitative estimate of drug-likeness (QED) is 0.775. The topological polar surface area (TPSA) is 79.1 Å². The third kappa shape index (κ3) is 2.11. The maximum atomic E-state index is 11.0. The number of aromatic amines is 1. The number of aryl methyl sites for hydroxylation is 1. The van der Waals surface area contributed by atoms with E-state index >= 15 is 0 Å². The second kappa shape index (κ2) is 4.82. The number of rotatable bonds is 4. The molecule has 1 aromatic carbocycles. The fourth-order valence-corrected chi connectivity index (χ4v) is 2.41. The molecule has 0 aliphatic heterocycles.